The first-order valence-electron chi connectivity index (χ1n) is 7.41. The fourth-order valence-corrected chi connectivity index (χ4v) is 2.33. The van der Waals surface area contributed by atoms with Gasteiger partial charge >= 0.3 is 0 Å². The first-order valence-corrected chi connectivity index (χ1v) is 8.20. The number of hydrogen-bond donors (Lipinski definition) is 2. The van der Waals surface area contributed by atoms with Crippen LogP contribution in [-0.4, -0.2) is 24.5 Å². The molecule has 0 spiro atoms. The van der Waals surface area contributed by atoms with Crippen LogP contribution in [0.3, 0.4) is 0 Å². The van der Waals surface area contributed by atoms with Gasteiger partial charge in [-0.25, -0.2) is 0 Å². The minimum atomic E-state index is -0.608. The van der Waals surface area contributed by atoms with Crippen LogP contribution in [0.15, 0.2) is 28.7 Å². The van der Waals surface area contributed by atoms with Crippen LogP contribution in [0.4, 0.5) is 0 Å². The van der Waals surface area contributed by atoms with E-state index in [4.69, 9.17) is 10.5 Å². The van der Waals surface area contributed by atoms with E-state index in [-0.39, 0.29) is 11.8 Å². The molecule has 6 heteroatoms. The second-order valence-electron chi connectivity index (χ2n) is 5.24. The third-order valence-electron chi connectivity index (χ3n) is 3.45. The lowest BCUT2D eigenvalue weighted by Gasteiger charge is -2.21. The number of nitrogens with two attached hydrogens (primary N) is 1. The number of rotatable bonds is 9. The molecular weight excluding hydrogens is 348 g/mol. The molecule has 0 aliphatic rings. The fourth-order valence-electron chi connectivity index (χ4n) is 1.95. The summed E-state index contributed by atoms with van der Waals surface area (Å²) in [6.45, 7) is 4.29. The van der Waals surface area contributed by atoms with Crippen LogP contribution >= 0.6 is 15.9 Å². The summed E-state index contributed by atoms with van der Waals surface area (Å²) in [7, 11) is 0. The zero-order valence-electron chi connectivity index (χ0n) is 13.0. The number of halogens is 1. The quantitative estimate of drug-likeness (QED) is 0.655. The summed E-state index contributed by atoms with van der Waals surface area (Å²) < 4.78 is 6.50. The molecule has 0 fully saturated rings. The zero-order chi connectivity index (χ0) is 16.5. The highest BCUT2D eigenvalue weighted by Crippen LogP contribution is 2.17. The SMILES string of the molecule is CCC(C)C(NC(=O)CCCOc1cccc(Br)c1)C(N)=O. The van der Waals surface area contributed by atoms with Gasteiger partial charge in [0.05, 0.1) is 6.61 Å². The lowest BCUT2D eigenvalue weighted by atomic mass is 9.98. The van der Waals surface area contributed by atoms with Gasteiger partial charge < -0.3 is 15.8 Å². The number of ether oxygens (including phenoxy) is 1. The van der Waals surface area contributed by atoms with Gasteiger partial charge in [0.1, 0.15) is 11.8 Å². The van der Waals surface area contributed by atoms with Crippen molar-refractivity contribution in [3.8, 4) is 5.75 Å². The molecule has 2 atom stereocenters. The van der Waals surface area contributed by atoms with Gasteiger partial charge in [-0.2, -0.15) is 0 Å². The summed E-state index contributed by atoms with van der Waals surface area (Å²) in [5.41, 5.74) is 5.32. The predicted octanol–water partition coefficient (Wildman–Crippen LogP) is 2.62. The molecule has 1 rings (SSSR count). The van der Waals surface area contributed by atoms with Crippen molar-refractivity contribution in [1.29, 1.82) is 0 Å². The van der Waals surface area contributed by atoms with Gasteiger partial charge in [0.2, 0.25) is 11.8 Å². The lowest BCUT2D eigenvalue weighted by molar-refractivity contribution is -0.128. The Bertz CT molecular complexity index is 508. The van der Waals surface area contributed by atoms with Crippen molar-refractivity contribution in [2.45, 2.75) is 39.2 Å². The van der Waals surface area contributed by atoms with Crippen LogP contribution in [0.25, 0.3) is 0 Å². The highest BCUT2D eigenvalue weighted by atomic mass is 79.9. The van der Waals surface area contributed by atoms with Crippen LogP contribution < -0.4 is 15.8 Å². The van der Waals surface area contributed by atoms with E-state index in [1.165, 1.54) is 0 Å². The standard InChI is InChI=1S/C16H23BrN2O3/c1-3-11(2)15(16(18)21)19-14(20)8-5-9-22-13-7-4-6-12(17)10-13/h4,6-7,10-11,15H,3,5,8-9H2,1-2H3,(H2,18,21)(H,19,20). The first-order chi connectivity index (χ1) is 10.4. The number of primary amides is 1. The summed E-state index contributed by atoms with van der Waals surface area (Å²) in [6.07, 6.45) is 1.65. The Kier molecular flexibility index (Phi) is 7.95. The molecule has 2 unspecified atom stereocenters. The maximum atomic E-state index is 11.9. The summed E-state index contributed by atoms with van der Waals surface area (Å²) in [4.78, 5) is 23.2. The molecule has 0 radical (unpaired) electrons. The molecule has 3 N–H and O–H groups in total. The third-order valence-corrected chi connectivity index (χ3v) is 3.94. The van der Waals surface area contributed by atoms with Crippen molar-refractivity contribution in [3.63, 3.8) is 0 Å². The smallest absolute Gasteiger partial charge is 0.240 e. The van der Waals surface area contributed by atoms with Gasteiger partial charge in [0.25, 0.3) is 0 Å². The van der Waals surface area contributed by atoms with Gasteiger partial charge in [-0.3, -0.25) is 9.59 Å². The predicted molar refractivity (Wildman–Crippen MR) is 89.5 cm³/mol. The zero-order valence-corrected chi connectivity index (χ0v) is 14.6. The Hall–Kier alpha value is -1.56. The van der Waals surface area contributed by atoms with Crippen molar-refractivity contribution >= 4 is 27.7 Å². The molecule has 1 aromatic carbocycles. The highest BCUT2D eigenvalue weighted by molar-refractivity contribution is 9.10. The second kappa shape index (κ2) is 9.46. The molecule has 1 aromatic rings. The van der Waals surface area contributed by atoms with Gasteiger partial charge in [-0.05, 0) is 30.5 Å². The largest absolute Gasteiger partial charge is 0.494 e. The Morgan fingerprint density at radius 2 is 2.14 bits per heavy atom. The number of carbonyl (C=O) groups is 2. The van der Waals surface area contributed by atoms with Crippen LogP contribution in [0.2, 0.25) is 0 Å². The van der Waals surface area contributed by atoms with Crippen molar-refractivity contribution in [2.24, 2.45) is 11.7 Å². The number of benzene rings is 1. The van der Waals surface area contributed by atoms with Crippen molar-refractivity contribution < 1.29 is 14.3 Å². The molecule has 0 aliphatic carbocycles. The van der Waals surface area contributed by atoms with E-state index in [2.05, 4.69) is 21.2 Å². The molecule has 0 saturated heterocycles. The normalized spacial score (nSPS) is 13.2. The van der Waals surface area contributed by atoms with Gasteiger partial charge in [0, 0.05) is 10.9 Å². The maximum Gasteiger partial charge on any atom is 0.240 e. The minimum Gasteiger partial charge on any atom is -0.494 e. The molecule has 122 valence electrons. The van der Waals surface area contributed by atoms with E-state index >= 15 is 0 Å². The summed E-state index contributed by atoms with van der Waals surface area (Å²) >= 11 is 3.37. The van der Waals surface area contributed by atoms with Gasteiger partial charge in [0.15, 0.2) is 0 Å². The highest BCUT2D eigenvalue weighted by Gasteiger charge is 2.23. The molecule has 0 aliphatic heterocycles. The van der Waals surface area contributed by atoms with E-state index in [1.54, 1.807) is 0 Å². The van der Waals surface area contributed by atoms with E-state index in [0.717, 1.165) is 16.6 Å². The Labute approximate surface area is 139 Å². The number of nitrogens with one attached hydrogen (secondary N) is 1. The van der Waals surface area contributed by atoms with Gasteiger partial charge in [-0.1, -0.05) is 42.3 Å². The average molecular weight is 371 g/mol. The van der Waals surface area contributed by atoms with Crippen LogP contribution in [-0.2, 0) is 9.59 Å². The van der Waals surface area contributed by atoms with E-state index in [1.807, 2.05) is 38.1 Å². The molecule has 0 saturated carbocycles. The molecule has 0 heterocycles. The number of hydrogen-bond acceptors (Lipinski definition) is 3. The molecule has 2 amide bonds. The van der Waals surface area contributed by atoms with E-state index in [0.29, 0.717) is 19.4 Å². The third kappa shape index (κ3) is 6.47. The molecule has 0 aromatic heterocycles. The minimum absolute atomic E-state index is 0.0272. The molecule has 0 bridgehead atoms. The second-order valence-corrected chi connectivity index (χ2v) is 6.16. The Morgan fingerprint density at radius 1 is 1.41 bits per heavy atom. The lowest BCUT2D eigenvalue weighted by Crippen LogP contribution is -2.48. The van der Waals surface area contributed by atoms with Crippen molar-refractivity contribution in [1.82, 2.24) is 5.32 Å². The first kappa shape index (κ1) is 18.5. The topological polar surface area (TPSA) is 81.4 Å². The molecule has 5 nitrogen and oxygen atoms in total. The number of carbonyl (C=O) groups excluding carboxylic acids is 2. The maximum absolute atomic E-state index is 11.9. The monoisotopic (exact) mass is 370 g/mol. The summed E-state index contributed by atoms with van der Waals surface area (Å²) in [6, 6.07) is 6.92. The van der Waals surface area contributed by atoms with Crippen LogP contribution in [0.1, 0.15) is 33.1 Å². The van der Waals surface area contributed by atoms with E-state index < -0.39 is 11.9 Å². The van der Waals surface area contributed by atoms with Crippen molar-refractivity contribution in [3.05, 3.63) is 28.7 Å². The number of amides is 2. The Morgan fingerprint density at radius 3 is 2.73 bits per heavy atom. The summed E-state index contributed by atoms with van der Waals surface area (Å²) in [5, 5.41) is 2.70. The van der Waals surface area contributed by atoms with Crippen LogP contribution in [0.5, 0.6) is 5.75 Å². The fraction of sp³-hybridized carbons (Fsp3) is 0.500. The summed E-state index contributed by atoms with van der Waals surface area (Å²) in [5.74, 6) is 0.110. The van der Waals surface area contributed by atoms with E-state index in [9.17, 15) is 9.59 Å². The Balaban J connectivity index is 2.32. The molecular formula is C16H23BrN2O3. The molecule has 22 heavy (non-hydrogen) atoms. The average Bonchev–Trinajstić information content (AvgIpc) is 2.48. The van der Waals surface area contributed by atoms with Crippen LogP contribution in [0, 0.1) is 5.92 Å². The van der Waals surface area contributed by atoms with Gasteiger partial charge in [-0.15, -0.1) is 0 Å². The van der Waals surface area contributed by atoms with Crippen molar-refractivity contribution in [2.75, 3.05) is 6.61 Å².